The Morgan fingerprint density at radius 1 is 1.10 bits per heavy atom. The van der Waals surface area contributed by atoms with Gasteiger partial charge in [0.2, 0.25) is 0 Å². The van der Waals surface area contributed by atoms with E-state index in [9.17, 15) is 4.79 Å². The van der Waals surface area contributed by atoms with Crippen LogP contribution >= 0.6 is 11.8 Å². The zero-order valence-corrected chi connectivity index (χ0v) is 12.8. The fourth-order valence-electron chi connectivity index (χ4n) is 2.03. The Morgan fingerprint density at radius 2 is 1.80 bits per heavy atom. The van der Waals surface area contributed by atoms with Gasteiger partial charge in [0.25, 0.3) is 0 Å². The fourth-order valence-corrected chi connectivity index (χ4v) is 2.81. The second kappa shape index (κ2) is 6.62. The van der Waals surface area contributed by atoms with Crippen LogP contribution < -0.4 is 4.74 Å². The van der Waals surface area contributed by atoms with Gasteiger partial charge in [-0.05, 0) is 43.7 Å². The Kier molecular flexibility index (Phi) is 4.85. The molecule has 20 heavy (non-hydrogen) atoms. The highest BCUT2D eigenvalue weighted by Gasteiger charge is 2.09. The van der Waals surface area contributed by atoms with E-state index >= 15 is 0 Å². The van der Waals surface area contributed by atoms with Crippen molar-refractivity contribution in [3.05, 3.63) is 59.2 Å². The van der Waals surface area contributed by atoms with Crippen LogP contribution in [-0.2, 0) is 0 Å². The molecule has 2 aromatic carbocycles. The van der Waals surface area contributed by atoms with Crippen LogP contribution in [0.4, 0.5) is 0 Å². The van der Waals surface area contributed by atoms with Gasteiger partial charge in [-0.3, -0.25) is 4.79 Å². The molecule has 0 aliphatic rings. The summed E-state index contributed by atoms with van der Waals surface area (Å²) in [5.41, 5.74) is 3.05. The molecule has 0 atom stereocenters. The highest BCUT2D eigenvalue weighted by Crippen LogP contribution is 2.23. The van der Waals surface area contributed by atoms with Crippen molar-refractivity contribution in [1.82, 2.24) is 0 Å². The van der Waals surface area contributed by atoms with Crippen molar-refractivity contribution >= 4 is 17.5 Å². The zero-order chi connectivity index (χ0) is 14.5. The largest absolute Gasteiger partial charge is 0.497 e. The number of rotatable bonds is 5. The molecule has 3 heteroatoms. The van der Waals surface area contributed by atoms with Gasteiger partial charge in [-0.1, -0.05) is 23.8 Å². The summed E-state index contributed by atoms with van der Waals surface area (Å²) in [6.07, 6.45) is 0. The first-order valence-corrected chi connectivity index (χ1v) is 7.46. The number of thioether (sulfide) groups is 1. The number of ketones is 1. The maximum atomic E-state index is 12.2. The van der Waals surface area contributed by atoms with Crippen LogP contribution in [0.5, 0.6) is 5.75 Å². The van der Waals surface area contributed by atoms with E-state index in [1.807, 2.05) is 56.3 Å². The molecule has 2 nitrogen and oxygen atoms in total. The minimum absolute atomic E-state index is 0.170. The smallest absolute Gasteiger partial charge is 0.173 e. The van der Waals surface area contributed by atoms with Crippen molar-refractivity contribution in [2.24, 2.45) is 0 Å². The number of benzene rings is 2. The quantitative estimate of drug-likeness (QED) is 0.606. The molecule has 0 radical (unpaired) electrons. The molecule has 0 saturated heterocycles. The van der Waals surface area contributed by atoms with Crippen molar-refractivity contribution in [1.29, 1.82) is 0 Å². The Labute approximate surface area is 124 Å². The maximum Gasteiger partial charge on any atom is 0.173 e. The molecule has 0 aliphatic heterocycles. The van der Waals surface area contributed by atoms with Gasteiger partial charge >= 0.3 is 0 Å². The van der Waals surface area contributed by atoms with Crippen molar-refractivity contribution in [3.8, 4) is 5.75 Å². The van der Waals surface area contributed by atoms with E-state index in [2.05, 4.69) is 0 Å². The van der Waals surface area contributed by atoms with Crippen LogP contribution in [0.25, 0.3) is 0 Å². The van der Waals surface area contributed by atoms with Crippen molar-refractivity contribution < 1.29 is 9.53 Å². The summed E-state index contributed by atoms with van der Waals surface area (Å²) in [5.74, 6) is 1.45. The Morgan fingerprint density at radius 3 is 2.40 bits per heavy atom. The van der Waals surface area contributed by atoms with Crippen molar-refractivity contribution in [2.75, 3.05) is 12.9 Å². The Hall–Kier alpha value is -1.74. The molecule has 0 amide bonds. The van der Waals surface area contributed by atoms with Crippen LogP contribution in [0.1, 0.15) is 21.5 Å². The summed E-state index contributed by atoms with van der Waals surface area (Å²) in [6, 6.07) is 13.7. The number of carbonyl (C=O) groups excluding carboxylic acids is 1. The van der Waals surface area contributed by atoms with Gasteiger partial charge < -0.3 is 4.74 Å². The van der Waals surface area contributed by atoms with E-state index in [0.29, 0.717) is 5.75 Å². The summed E-state index contributed by atoms with van der Waals surface area (Å²) >= 11 is 1.55. The molecule has 0 saturated carbocycles. The Bertz CT molecular complexity index is 603. The molecule has 0 aliphatic carbocycles. The monoisotopic (exact) mass is 286 g/mol. The summed E-state index contributed by atoms with van der Waals surface area (Å²) in [4.78, 5) is 13.3. The van der Waals surface area contributed by atoms with Gasteiger partial charge in [-0.2, -0.15) is 0 Å². The standard InChI is InChI=1S/C17H18O2S/c1-12-4-9-16(13(2)10-12)17(18)11-20-15-7-5-14(19-3)6-8-15/h4-10H,11H2,1-3H3. The van der Waals surface area contributed by atoms with Crippen LogP contribution in [0.3, 0.4) is 0 Å². The summed E-state index contributed by atoms with van der Waals surface area (Å²) in [7, 11) is 1.64. The van der Waals surface area contributed by atoms with E-state index in [4.69, 9.17) is 4.74 Å². The van der Waals surface area contributed by atoms with Gasteiger partial charge in [0.1, 0.15) is 5.75 Å². The second-order valence-corrected chi connectivity index (χ2v) is 5.75. The molecule has 2 aromatic rings. The maximum absolute atomic E-state index is 12.2. The predicted molar refractivity (Wildman–Crippen MR) is 84.0 cm³/mol. The lowest BCUT2D eigenvalue weighted by Crippen LogP contribution is -2.04. The fraction of sp³-hybridized carbons (Fsp3) is 0.235. The summed E-state index contributed by atoms with van der Waals surface area (Å²) in [6.45, 7) is 4.02. The van der Waals surface area contributed by atoms with Crippen LogP contribution in [0, 0.1) is 13.8 Å². The predicted octanol–water partition coefficient (Wildman–Crippen LogP) is 4.29. The normalized spacial score (nSPS) is 10.3. The molecule has 0 spiro atoms. The number of hydrogen-bond acceptors (Lipinski definition) is 3. The lowest BCUT2D eigenvalue weighted by molar-refractivity contribution is 0.102. The molecule has 0 aromatic heterocycles. The second-order valence-electron chi connectivity index (χ2n) is 4.71. The molecule has 0 unspecified atom stereocenters. The third-order valence-corrected chi connectivity index (χ3v) is 4.12. The van der Waals surface area contributed by atoms with Gasteiger partial charge in [-0.15, -0.1) is 11.8 Å². The van der Waals surface area contributed by atoms with E-state index in [-0.39, 0.29) is 5.78 Å². The van der Waals surface area contributed by atoms with Gasteiger partial charge in [-0.25, -0.2) is 0 Å². The average Bonchev–Trinajstić information content (AvgIpc) is 2.45. The first-order chi connectivity index (χ1) is 9.60. The first-order valence-electron chi connectivity index (χ1n) is 6.47. The molecule has 0 fully saturated rings. The Balaban J connectivity index is 2.00. The number of methoxy groups -OCH3 is 1. The van der Waals surface area contributed by atoms with E-state index in [1.54, 1.807) is 18.9 Å². The number of carbonyl (C=O) groups is 1. The van der Waals surface area contributed by atoms with Crippen molar-refractivity contribution in [3.63, 3.8) is 0 Å². The highest BCUT2D eigenvalue weighted by atomic mass is 32.2. The molecular weight excluding hydrogens is 268 g/mol. The minimum Gasteiger partial charge on any atom is -0.497 e. The SMILES string of the molecule is COc1ccc(SCC(=O)c2ccc(C)cc2C)cc1. The average molecular weight is 286 g/mol. The first kappa shape index (κ1) is 14.7. The van der Waals surface area contributed by atoms with E-state index < -0.39 is 0 Å². The third-order valence-electron chi connectivity index (χ3n) is 3.11. The van der Waals surface area contributed by atoms with Crippen molar-refractivity contribution in [2.45, 2.75) is 18.7 Å². The van der Waals surface area contributed by atoms with Crippen LogP contribution in [0.15, 0.2) is 47.4 Å². The summed E-state index contributed by atoms with van der Waals surface area (Å²) in [5, 5.41) is 0. The van der Waals surface area contributed by atoms with Gasteiger partial charge in [0.05, 0.1) is 12.9 Å². The topological polar surface area (TPSA) is 26.3 Å². The summed E-state index contributed by atoms with van der Waals surface area (Å²) < 4.78 is 5.11. The van der Waals surface area contributed by atoms with Gasteiger partial charge in [0.15, 0.2) is 5.78 Å². The lowest BCUT2D eigenvalue weighted by Gasteiger charge is -2.06. The number of hydrogen-bond donors (Lipinski definition) is 0. The molecule has 104 valence electrons. The lowest BCUT2D eigenvalue weighted by atomic mass is 10.0. The molecule has 0 heterocycles. The molecule has 2 rings (SSSR count). The minimum atomic E-state index is 0.170. The molecule has 0 N–H and O–H groups in total. The third kappa shape index (κ3) is 3.64. The van der Waals surface area contributed by atoms with E-state index in [1.165, 1.54) is 5.56 Å². The highest BCUT2D eigenvalue weighted by molar-refractivity contribution is 8.00. The zero-order valence-electron chi connectivity index (χ0n) is 12.0. The molecule has 0 bridgehead atoms. The van der Waals surface area contributed by atoms with Crippen LogP contribution in [0.2, 0.25) is 0 Å². The number of Topliss-reactive ketones (excluding diaryl/α,β-unsaturated/α-hetero) is 1. The number of ether oxygens (including phenoxy) is 1. The van der Waals surface area contributed by atoms with Gasteiger partial charge in [0, 0.05) is 10.5 Å². The number of aryl methyl sites for hydroxylation is 2. The van der Waals surface area contributed by atoms with E-state index in [0.717, 1.165) is 21.8 Å². The van der Waals surface area contributed by atoms with Crippen LogP contribution in [-0.4, -0.2) is 18.6 Å². The molecular formula is C17H18O2S.